The van der Waals surface area contributed by atoms with Crippen LogP contribution < -0.4 is 16.2 Å². The number of hydrogen-bond acceptors (Lipinski definition) is 7. The van der Waals surface area contributed by atoms with Crippen molar-refractivity contribution < 1.29 is 9.37 Å². The molecule has 0 spiro atoms. The summed E-state index contributed by atoms with van der Waals surface area (Å²) in [4.78, 5) is 0. The Hall–Kier alpha value is -3.68. The molecular formula is C18H18N6O2. The molecule has 0 atom stereocenters. The summed E-state index contributed by atoms with van der Waals surface area (Å²) >= 11 is 0. The molecule has 0 saturated heterocycles. The Morgan fingerprint density at radius 1 is 1.19 bits per heavy atom. The number of aryl methyl sites for hydroxylation is 1. The highest BCUT2D eigenvalue weighted by molar-refractivity contribution is 5.99. The zero-order chi connectivity index (χ0) is 18.4. The molecule has 0 radical (unpaired) electrons. The average Bonchev–Trinajstić information content (AvgIpc) is 3.07. The van der Waals surface area contributed by atoms with E-state index in [4.69, 9.17) is 16.2 Å². The van der Waals surface area contributed by atoms with Crippen molar-refractivity contribution in [3.8, 4) is 5.75 Å². The predicted molar refractivity (Wildman–Crippen MR) is 99.0 cm³/mol. The lowest BCUT2D eigenvalue weighted by Crippen LogP contribution is -2.15. The van der Waals surface area contributed by atoms with Gasteiger partial charge in [-0.25, -0.2) is 4.63 Å². The van der Waals surface area contributed by atoms with Crippen molar-refractivity contribution in [2.24, 2.45) is 15.9 Å². The SMILES string of the molecule is Cc1cccc(COc2ccc(C=NN=C(N)c3nonc3N)cc2)c1. The summed E-state index contributed by atoms with van der Waals surface area (Å²) in [5, 5.41) is 14.7. The van der Waals surface area contributed by atoms with E-state index in [1.807, 2.05) is 36.4 Å². The summed E-state index contributed by atoms with van der Waals surface area (Å²) in [6.45, 7) is 2.57. The first-order valence-corrected chi connectivity index (χ1v) is 7.85. The van der Waals surface area contributed by atoms with Gasteiger partial charge in [-0.1, -0.05) is 29.8 Å². The molecule has 1 heterocycles. The lowest BCUT2D eigenvalue weighted by atomic mass is 10.1. The minimum absolute atomic E-state index is 0.0260. The first kappa shape index (κ1) is 17.2. The monoisotopic (exact) mass is 350 g/mol. The smallest absolute Gasteiger partial charge is 0.199 e. The van der Waals surface area contributed by atoms with Crippen LogP contribution in [0.15, 0.2) is 63.4 Å². The third-order valence-corrected chi connectivity index (χ3v) is 3.50. The van der Waals surface area contributed by atoms with E-state index in [1.165, 1.54) is 5.56 Å². The van der Waals surface area contributed by atoms with Crippen LogP contribution in [0.4, 0.5) is 5.82 Å². The van der Waals surface area contributed by atoms with Crippen molar-refractivity contribution in [3.63, 3.8) is 0 Å². The molecule has 0 saturated carbocycles. The van der Waals surface area contributed by atoms with E-state index in [9.17, 15) is 0 Å². The normalized spacial score (nSPS) is 11.8. The molecule has 0 unspecified atom stereocenters. The van der Waals surface area contributed by atoms with Gasteiger partial charge in [0.2, 0.25) is 0 Å². The van der Waals surface area contributed by atoms with Gasteiger partial charge in [-0.3, -0.25) is 0 Å². The van der Waals surface area contributed by atoms with Crippen molar-refractivity contribution in [3.05, 3.63) is 70.9 Å². The Labute approximate surface area is 150 Å². The quantitative estimate of drug-likeness (QED) is 0.399. The maximum Gasteiger partial charge on any atom is 0.199 e. The van der Waals surface area contributed by atoms with Crippen LogP contribution in [-0.2, 0) is 6.61 Å². The highest BCUT2D eigenvalue weighted by Gasteiger charge is 2.09. The molecule has 8 heteroatoms. The molecule has 0 fully saturated rings. The van der Waals surface area contributed by atoms with Crippen molar-refractivity contribution >= 4 is 17.9 Å². The molecule has 3 rings (SSSR count). The van der Waals surface area contributed by atoms with Gasteiger partial charge in [0.25, 0.3) is 0 Å². The number of ether oxygens (including phenoxy) is 1. The number of hydrogen-bond donors (Lipinski definition) is 2. The van der Waals surface area contributed by atoms with Gasteiger partial charge < -0.3 is 16.2 Å². The number of nitrogen functional groups attached to an aromatic ring is 1. The van der Waals surface area contributed by atoms with Crippen molar-refractivity contribution in [1.82, 2.24) is 10.3 Å². The average molecular weight is 350 g/mol. The molecule has 3 aromatic rings. The maximum absolute atomic E-state index is 5.78. The van der Waals surface area contributed by atoms with E-state index >= 15 is 0 Å². The Balaban J connectivity index is 1.58. The Bertz CT molecular complexity index is 931. The number of amidine groups is 1. The minimum Gasteiger partial charge on any atom is -0.489 e. The fraction of sp³-hybridized carbons (Fsp3) is 0.111. The minimum atomic E-state index is 0.0260. The molecule has 0 amide bonds. The number of benzene rings is 2. The molecule has 4 N–H and O–H groups in total. The molecule has 132 valence electrons. The van der Waals surface area contributed by atoms with Crippen LogP contribution in [0, 0.1) is 6.92 Å². The van der Waals surface area contributed by atoms with Crippen LogP contribution in [0.1, 0.15) is 22.4 Å². The van der Waals surface area contributed by atoms with Gasteiger partial charge >= 0.3 is 0 Å². The summed E-state index contributed by atoms with van der Waals surface area (Å²) in [6, 6.07) is 15.7. The van der Waals surface area contributed by atoms with Gasteiger partial charge in [0.1, 0.15) is 12.4 Å². The van der Waals surface area contributed by atoms with E-state index in [0.717, 1.165) is 16.9 Å². The van der Waals surface area contributed by atoms with Crippen LogP contribution in [0.2, 0.25) is 0 Å². The summed E-state index contributed by atoms with van der Waals surface area (Å²) < 4.78 is 10.2. The fourth-order valence-electron chi connectivity index (χ4n) is 2.20. The molecule has 2 aromatic carbocycles. The summed E-state index contributed by atoms with van der Waals surface area (Å²) in [5.41, 5.74) is 14.6. The fourth-order valence-corrected chi connectivity index (χ4v) is 2.20. The van der Waals surface area contributed by atoms with E-state index in [1.54, 1.807) is 6.21 Å². The lowest BCUT2D eigenvalue weighted by molar-refractivity contribution is 0.306. The van der Waals surface area contributed by atoms with E-state index in [0.29, 0.717) is 6.61 Å². The number of nitrogens with zero attached hydrogens (tertiary/aromatic N) is 4. The predicted octanol–water partition coefficient (Wildman–Crippen LogP) is 2.28. The first-order chi connectivity index (χ1) is 12.6. The molecule has 0 aliphatic heterocycles. The highest BCUT2D eigenvalue weighted by Crippen LogP contribution is 2.14. The highest BCUT2D eigenvalue weighted by atomic mass is 16.6. The van der Waals surface area contributed by atoms with Gasteiger partial charge in [-0.2, -0.15) is 5.10 Å². The van der Waals surface area contributed by atoms with Gasteiger partial charge in [0, 0.05) is 0 Å². The molecule has 0 bridgehead atoms. The molecule has 1 aromatic heterocycles. The van der Waals surface area contributed by atoms with Gasteiger partial charge in [-0.05, 0) is 52.6 Å². The second kappa shape index (κ2) is 7.93. The van der Waals surface area contributed by atoms with Crippen LogP contribution in [0.3, 0.4) is 0 Å². The Morgan fingerprint density at radius 2 is 2.00 bits per heavy atom. The lowest BCUT2D eigenvalue weighted by Gasteiger charge is -2.07. The summed E-state index contributed by atoms with van der Waals surface area (Å²) in [5.74, 6) is 0.864. The molecule has 8 nitrogen and oxygen atoms in total. The van der Waals surface area contributed by atoms with E-state index in [2.05, 4.69) is 44.2 Å². The second-order valence-corrected chi connectivity index (χ2v) is 5.57. The number of rotatable bonds is 6. The number of anilines is 1. The topological polar surface area (TPSA) is 125 Å². The van der Waals surface area contributed by atoms with Gasteiger partial charge in [-0.15, -0.1) is 5.10 Å². The Morgan fingerprint density at radius 3 is 2.69 bits per heavy atom. The van der Waals surface area contributed by atoms with Gasteiger partial charge in [0.05, 0.1) is 6.21 Å². The number of aromatic nitrogens is 2. The molecule has 26 heavy (non-hydrogen) atoms. The standard InChI is InChI=1S/C18H18N6O2/c1-12-3-2-4-14(9-12)11-25-15-7-5-13(6-8-15)10-21-22-17(19)16-18(20)24-26-23-16/h2-10H,11H2,1H3,(H2,19,22)(H2,20,24). The largest absolute Gasteiger partial charge is 0.489 e. The summed E-state index contributed by atoms with van der Waals surface area (Å²) in [7, 11) is 0. The van der Waals surface area contributed by atoms with Gasteiger partial charge in [0.15, 0.2) is 17.3 Å². The second-order valence-electron chi connectivity index (χ2n) is 5.57. The van der Waals surface area contributed by atoms with Crippen molar-refractivity contribution in [2.45, 2.75) is 13.5 Å². The van der Waals surface area contributed by atoms with Crippen molar-refractivity contribution in [2.75, 3.05) is 5.73 Å². The van der Waals surface area contributed by atoms with E-state index in [-0.39, 0.29) is 17.3 Å². The number of nitrogens with two attached hydrogens (primary N) is 2. The van der Waals surface area contributed by atoms with Crippen LogP contribution in [0.5, 0.6) is 5.75 Å². The van der Waals surface area contributed by atoms with Crippen molar-refractivity contribution in [1.29, 1.82) is 0 Å². The third-order valence-electron chi connectivity index (χ3n) is 3.50. The van der Waals surface area contributed by atoms with Crippen LogP contribution in [-0.4, -0.2) is 22.4 Å². The summed E-state index contributed by atoms with van der Waals surface area (Å²) in [6.07, 6.45) is 1.56. The molecular weight excluding hydrogens is 332 g/mol. The van der Waals surface area contributed by atoms with E-state index < -0.39 is 0 Å². The maximum atomic E-state index is 5.78. The zero-order valence-electron chi connectivity index (χ0n) is 14.2. The molecule has 0 aliphatic carbocycles. The van der Waals surface area contributed by atoms with Crippen LogP contribution in [0.25, 0.3) is 0 Å². The Kier molecular flexibility index (Phi) is 5.23. The van der Waals surface area contributed by atoms with Crippen LogP contribution >= 0.6 is 0 Å². The first-order valence-electron chi connectivity index (χ1n) is 7.85. The molecule has 0 aliphatic rings. The third kappa shape index (κ3) is 4.44. The zero-order valence-corrected chi connectivity index (χ0v) is 14.2.